The smallest absolute Gasteiger partial charge is 0.231 e. The normalized spacial score (nSPS) is 15.5. The van der Waals surface area contributed by atoms with E-state index in [1.165, 1.54) is 0 Å². The zero-order chi connectivity index (χ0) is 18.1. The predicted octanol–water partition coefficient (Wildman–Crippen LogP) is 3.18. The SMILES string of the molecule is COc1cccc(CC(=O)N2CCc3ccc(NC(=O)C4CC4)cc32)c1. The second-order valence-electron chi connectivity index (χ2n) is 6.93. The number of nitrogens with zero attached hydrogens (tertiary/aromatic N) is 1. The molecule has 0 saturated heterocycles. The molecule has 26 heavy (non-hydrogen) atoms. The van der Waals surface area contributed by atoms with Gasteiger partial charge in [0.1, 0.15) is 5.75 Å². The molecule has 0 aromatic heterocycles. The van der Waals surface area contributed by atoms with E-state index >= 15 is 0 Å². The van der Waals surface area contributed by atoms with Gasteiger partial charge in [-0.25, -0.2) is 0 Å². The quantitative estimate of drug-likeness (QED) is 0.901. The van der Waals surface area contributed by atoms with Gasteiger partial charge in [0, 0.05) is 23.8 Å². The Balaban J connectivity index is 1.50. The van der Waals surface area contributed by atoms with Gasteiger partial charge in [-0.2, -0.15) is 0 Å². The van der Waals surface area contributed by atoms with E-state index in [9.17, 15) is 9.59 Å². The molecule has 0 bridgehead atoms. The third-order valence-corrected chi connectivity index (χ3v) is 4.99. The van der Waals surface area contributed by atoms with Gasteiger partial charge in [-0.15, -0.1) is 0 Å². The summed E-state index contributed by atoms with van der Waals surface area (Å²) in [4.78, 5) is 26.6. The fourth-order valence-corrected chi connectivity index (χ4v) is 3.36. The Bertz CT molecular complexity index is 858. The molecule has 0 spiro atoms. The molecule has 5 nitrogen and oxygen atoms in total. The Kier molecular flexibility index (Phi) is 4.37. The Morgan fingerprint density at radius 2 is 2.04 bits per heavy atom. The summed E-state index contributed by atoms with van der Waals surface area (Å²) in [5.41, 5.74) is 3.75. The monoisotopic (exact) mass is 350 g/mol. The number of hydrogen-bond donors (Lipinski definition) is 1. The van der Waals surface area contributed by atoms with Gasteiger partial charge in [-0.3, -0.25) is 9.59 Å². The Morgan fingerprint density at radius 3 is 2.81 bits per heavy atom. The third kappa shape index (κ3) is 3.43. The van der Waals surface area contributed by atoms with E-state index < -0.39 is 0 Å². The van der Waals surface area contributed by atoms with Crippen LogP contribution in [0.2, 0.25) is 0 Å². The maximum Gasteiger partial charge on any atom is 0.231 e. The lowest BCUT2D eigenvalue weighted by Gasteiger charge is -2.18. The Morgan fingerprint density at radius 1 is 1.19 bits per heavy atom. The summed E-state index contributed by atoms with van der Waals surface area (Å²) in [7, 11) is 1.62. The molecule has 5 heteroatoms. The number of carbonyl (C=O) groups is 2. The Labute approximate surface area is 153 Å². The fraction of sp³-hybridized carbons (Fsp3) is 0.333. The molecule has 1 saturated carbocycles. The summed E-state index contributed by atoms with van der Waals surface area (Å²) in [5, 5.41) is 2.96. The number of rotatable bonds is 5. The van der Waals surface area contributed by atoms with E-state index in [1.807, 2.05) is 47.4 Å². The molecular formula is C21H22N2O3. The van der Waals surface area contributed by atoms with Gasteiger partial charge in [-0.1, -0.05) is 18.2 Å². The molecule has 1 aliphatic carbocycles. The van der Waals surface area contributed by atoms with Crippen LogP contribution in [0.3, 0.4) is 0 Å². The first-order valence-electron chi connectivity index (χ1n) is 9.01. The van der Waals surface area contributed by atoms with Crippen LogP contribution in [0.4, 0.5) is 11.4 Å². The van der Waals surface area contributed by atoms with Crippen molar-refractivity contribution in [2.24, 2.45) is 5.92 Å². The fourth-order valence-electron chi connectivity index (χ4n) is 3.36. The van der Waals surface area contributed by atoms with Crippen LogP contribution in [0.15, 0.2) is 42.5 Å². The van der Waals surface area contributed by atoms with Gasteiger partial charge >= 0.3 is 0 Å². The van der Waals surface area contributed by atoms with Gasteiger partial charge in [0.25, 0.3) is 0 Å². The molecule has 4 rings (SSSR count). The van der Waals surface area contributed by atoms with Gasteiger partial charge in [0.05, 0.1) is 13.5 Å². The molecule has 1 heterocycles. The standard InChI is InChI=1S/C21H22N2O3/c1-26-18-4-2-3-14(11-18)12-20(24)23-10-9-15-7-8-17(13-19(15)23)22-21(25)16-5-6-16/h2-4,7-8,11,13,16H,5-6,9-10,12H2,1H3,(H,22,25). The number of benzene rings is 2. The van der Waals surface area contributed by atoms with E-state index in [0.29, 0.717) is 13.0 Å². The number of anilines is 2. The van der Waals surface area contributed by atoms with Crippen molar-refractivity contribution in [2.75, 3.05) is 23.9 Å². The highest BCUT2D eigenvalue weighted by molar-refractivity contribution is 5.99. The summed E-state index contributed by atoms with van der Waals surface area (Å²) >= 11 is 0. The third-order valence-electron chi connectivity index (χ3n) is 4.99. The molecule has 2 aromatic carbocycles. The van der Waals surface area contributed by atoms with Gasteiger partial charge in [0.15, 0.2) is 0 Å². The lowest BCUT2D eigenvalue weighted by Crippen LogP contribution is -2.30. The summed E-state index contributed by atoms with van der Waals surface area (Å²) in [6.45, 7) is 0.679. The van der Waals surface area contributed by atoms with E-state index in [-0.39, 0.29) is 17.7 Å². The molecule has 1 N–H and O–H groups in total. The van der Waals surface area contributed by atoms with E-state index in [4.69, 9.17) is 4.74 Å². The molecule has 2 aliphatic rings. The largest absolute Gasteiger partial charge is 0.497 e. The maximum absolute atomic E-state index is 12.8. The van der Waals surface area contributed by atoms with Crippen molar-refractivity contribution < 1.29 is 14.3 Å². The van der Waals surface area contributed by atoms with Crippen molar-refractivity contribution in [2.45, 2.75) is 25.7 Å². The lowest BCUT2D eigenvalue weighted by atomic mass is 10.1. The van der Waals surface area contributed by atoms with Crippen LogP contribution in [-0.4, -0.2) is 25.5 Å². The number of hydrogen-bond acceptors (Lipinski definition) is 3. The summed E-state index contributed by atoms with van der Waals surface area (Å²) in [6, 6.07) is 13.4. The van der Waals surface area contributed by atoms with Crippen LogP contribution in [0, 0.1) is 5.92 Å². The first-order chi connectivity index (χ1) is 12.6. The van der Waals surface area contributed by atoms with Crippen molar-refractivity contribution >= 4 is 23.2 Å². The molecule has 0 atom stereocenters. The maximum atomic E-state index is 12.8. The summed E-state index contributed by atoms with van der Waals surface area (Å²) in [5.74, 6) is 1.05. The molecule has 1 aliphatic heterocycles. The molecular weight excluding hydrogens is 328 g/mol. The average Bonchev–Trinajstić information content (AvgIpc) is 3.42. The van der Waals surface area contributed by atoms with Crippen LogP contribution >= 0.6 is 0 Å². The van der Waals surface area contributed by atoms with Crippen molar-refractivity contribution in [3.8, 4) is 5.75 Å². The minimum Gasteiger partial charge on any atom is -0.497 e. The number of methoxy groups -OCH3 is 1. The highest BCUT2D eigenvalue weighted by Crippen LogP contribution is 2.34. The number of nitrogens with one attached hydrogen (secondary N) is 1. The van der Waals surface area contributed by atoms with E-state index in [2.05, 4.69) is 5.32 Å². The van der Waals surface area contributed by atoms with Crippen molar-refractivity contribution in [1.82, 2.24) is 0 Å². The van der Waals surface area contributed by atoms with Crippen LogP contribution in [-0.2, 0) is 22.4 Å². The van der Waals surface area contributed by atoms with E-state index in [0.717, 1.165) is 47.5 Å². The highest BCUT2D eigenvalue weighted by atomic mass is 16.5. The summed E-state index contributed by atoms with van der Waals surface area (Å²) in [6.07, 6.45) is 3.12. The molecule has 1 fully saturated rings. The molecule has 2 amide bonds. The number of carbonyl (C=O) groups excluding carboxylic acids is 2. The first-order valence-corrected chi connectivity index (χ1v) is 9.01. The summed E-state index contributed by atoms with van der Waals surface area (Å²) < 4.78 is 5.23. The number of amides is 2. The topological polar surface area (TPSA) is 58.6 Å². The van der Waals surface area contributed by atoms with Crippen LogP contribution < -0.4 is 15.0 Å². The minimum absolute atomic E-state index is 0.0580. The van der Waals surface area contributed by atoms with Crippen molar-refractivity contribution in [1.29, 1.82) is 0 Å². The molecule has 0 radical (unpaired) electrons. The van der Waals surface area contributed by atoms with Crippen LogP contribution in [0.5, 0.6) is 5.75 Å². The molecule has 134 valence electrons. The van der Waals surface area contributed by atoms with Gasteiger partial charge in [0.2, 0.25) is 11.8 Å². The first kappa shape index (κ1) is 16.6. The minimum atomic E-state index is 0.0580. The molecule has 2 aromatic rings. The van der Waals surface area contributed by atoms with Gasteiger partial charge < -0.3 is 15.0 Å². The second kappa shape index (κ2) is 6.83. The van der Waals surface area contributed by atoms with Crippen molar-refractivity contribution in [3.63, 3.8) is 0 Å². The second-order valence-corrected chi connectivity index (χ2v) is 6.93. The van der Waals surface area contributed by atoms with Crippen LogP contribution in [0.25, 0.3) is 0 Å². The van der Waals surface area contributed by atoms with E-state index in [1.54, 1.807) is 7.11 Å². The highest BCUT2D eigenvalue weighted by Gasteiger charge is 2.30. The lowest BCUT2D eigenvalue weighted by molar-refractivity contribution is -0.118. The average molecular weight is 350 g/mol. The Hall–Kier alpha value is -2.82. The van der Waals surface area contributed by atoms with Crippen molar-refractivity contribution in [3.05, 3.63) is 53.6 Å². The van der Waals surface area contributed by atoms with Gasteiger partial charge in [-0.05, 0) is 54.7 Å². The number of ether oxygens (including phenoxy) is 1. The predicted molar refractivity (Wildman–Crippen MR) is 101 cm³/mol. The molecule has 0 unspecified atom stereocenters. The van der Waals surface area contributed by atoms with Crippen LogP contribution in [0.1, 0.15) is 24.0 Å². The zero-order valence-corrected chi connectivity index (χ0v) is 14.8. The zero-order valence-electron chi connectivity index (χ0n) is 14.8. The number of fused-ring (bicyclic) bond motifs is 1.